The Morgan fingerprint density at radius 1 is 1.35 bits per heavy atom. The molecule has 0 aliphatic rings. The number of aliphatic hydroxyl groups is 1. The van der Waals surface area contributed by atoms with Crippen LogP contribution in [0.5, 0.6) is 0 Å². The molecular formula is C12H20ClN3O. The Balaban J connectivity index is 3.07. The predicted molar refractivity (Wildman–Crippen MR) is 70.6 cm³/mol. The van der Waals surface area contributed by atoms with Crippen molar-refractivity contribution in [2.45, 2.75) is 46.1 Å². The van der Waals surface area contributed by atoms with E-state index in [0.29, 0.717) is 23.3 Å². The van der Waals surface area contributed by atoms with Crippen molar-refractivity contribution in [1.82, 2.24) is 9.97 Å². The summed E-state index contributed by atoms with van der Waals surface area (Å²) in [6.07, 6.45) is -0.429. The van der Waals surface area contributed by atoms with E-state index in [4.69, 9.17) is 11.6 Å². The maximum atomic E-state index is 9.26. The van der Waals surface area contributed by atoms with Crippen molar-refractivity contribution in [3.8, 4) is 0 Å². The molecule has 0 radical (unpaired) electrons. The zero-order valence-electron chi connectivity index (χ0n) is 11.0. The molecule has 0 aliphatic heterocycles. The number of hydrogen-bond acceptors (Lipinski definition) is 4. The van der Waals surface area contributed by atoms with Crippen molar-refractivity contribution >= 4 is 17.4 Å². The summed E-state index contributed by atoms with van der Waals surface area (Å²) in [7, 11) is 0. The van der Waals surface area contributed by atoms with Crippen molar-refractivity contribution in [2.24, 2.45) is 0 Å². The van der Waals surface area contributed by atoms with Gasteiger partial charge in [-0.1, -0.05) is 32.4 Å². The third-order valence-electron chi connectivity index (χ3n) is 2.32. The maximum Gasteiger partial charge on any atom is 0.137 e. The first-order valence-electron chi connectivity index (χ1n) is 5.68. The van der Waals surface area contributed by atoms with Crippen LogP contribution < -0.4 is 5.32 Å². The van der Waals surface area contributed by atoms with E-state index in [1.54, 1.807) is 6.92 Å². The number of halogens is 1. The number of aliphatic hydroxyl groups excluding tert-OH is 1. The van der Waals surface area contributed by atoms with Gasteiger partial charge in [0.05, 0.1) is 6.10 Å². The minimum absolute atomic E-state index is 0.154. The van der Waals surface area contributed by atoms with Gasteiger partial charge in [0.15, 0.2) is 0 Å². The van der Waals surface area contributed by atoms with Crippen molar-refractivity contribution < 1.29 is 5.11 Å². The van der Waals surface area contributed by atoms with E-state index in [0.717, 1.165) is 5.56 Å². The molecule has 1 atom stereocenters. The van der Waals surface area contributed by atoms with Crippen LogP contribution in [0.1, 0.15) is 39.1 Å². The van der Waals surface area contributed by atoms with Gasteiger partial charge in [-0.25, -0.2) is 9.97 Å². The highest BCUT2D eigenvalue weighted by Gasteiger charge is 2.20. The van der Waals surface area contributed by atoms with E-state index in [1.165, 1.54) is 0 Å². The van der Waals surface area contributed by atoms with Gasteiger partial charge in [-0.2, -0.15) is 0 Å². The smallest absolute Gasteiger partial charge is 0.137 e. The molecule has 0 spiro atoms. The molecule has 0 amide bonds. The van der Waals surface area contributed by atoms with Crippen molar-refractivity contribution in [3.63, 3.8) is 0 Å². The highest BCUT2D eigenvalue weighted by atomic mass is 35.5. The SMILES string of the molecule is Cc1c(Cl)nc(C(C)(C)C)nc1NCC(C)O. The van der Waals surface area contributed by atoms with Gasteiger partial charge < -0.3 is 10.4 Å². The quantitative estimate of drug-likeness (QED) is 0.817. The molecule has 0 fully saturated rings. The maximum absolute atomic E-state index is 9.26. The van der Waals surface area contributed by atoms with E-state index in [1.807, 2.05) is 27.7 Å². The molecule has 1 heterocycles. The Morgan fingerprint density at radius 3 is 2.41 bits per heavy atom. The zero-order valence-corrected chi connectivity index (χ0v) is 11.8. The molecule has 17 heavy (non-hydrogen) atoms. The van der Waals surface area contributed by atoms with Gasteiger partial charge in [-0.3, -0.25) is 0 Å². The topological polar surface area (TPSA) is 58.0 Å². The molecule has 1 aromatic heterocycles. The first-order valence-corrected chi connectivity index (χ1v) is 6.06. The normalized spacial score (nSPS) is 13.6. The van der Waals surface area contributed by atoms with Crippen molar-refractivity contribution in [2.75, 3.05) is 11.9 Å². The van der Waals surface area contributed by atoms with Crippen LogP contribution >= 0.6 is 11.6 Å². The molecule has 4 nitrogen and oxygen atoms in total. The van der Waals surface area contributed by atoms with Crippen LogP contribution in [0, 0.1) is 6.92 Å². The van der Waals surface area contributed by atoms with Gasteiger partial charge in [-0.05, 0) is 13.8 Å². The van der Waals surface area contributed by atoms with Crippen molar-refractivity contribution in [3.05, 3.63) is 16.5 Å². The van der Waals surface area contributed by atoms with E-state index in [2.05, 4.69) is 15.3 Å². The Bertz CT molecular complexity index is 399. The summed E-state index contributed by atoms with van der Waals surface area (Å²) in [5, 5.41) is 12.8. The van der Waals surface area contributed by atoms with Gasteiger partial charge >= 0.3 is 0 Å². The van der Waals surface area contributed by atoms with E-state index in [-0.39, 0.29) is 5.41 Å². The molecule has 0 saturated carbocycles. The fourth-order valence-corrected chi connectivity index (χ4v) is 1.41. The molecule has 0 saturated heterocycles. The monoisotopic (exact) mass is 257 g/mol. The predicted octanol–water partition coefficient (Wildman–Crippen LogP) is 2.53. The van der Waals surface area contributed by atoms with Gasteiger partial charge in [0.2, 0.25) is 0 Å². The summed E-state index contributed by atoms with van der Waals surface area (Å²) in [6, 6.07) is 0. The van der Waals surface area contributed by atoms with Crippen LogP contribution in [0.25, 0.3) is 0 Å². The largest absolute Gasteiger partial charge is 0.392 e. The highest BCUT2D eigenvalue weighted by molar-refractivity contribution is 6.30. The summed E-state index contributed by atoms with van der Waals surface area (Å²) in [5.74, 6) is 1.39. The number of aromatic nitrogens is 2. The molecule has 96 valence electrons. The van der Waals surface area contributed by atoms with E-state index < -0.39 is 6.10 Å². The summed E-state index contributed by atoms with van der Waals surface area (Å²) < 4.78 is 0. The Hall–Kier alpha value is -0.870. The molecule has 5 heteroatoms. The highest BCUT2D eigenvalue weighted by Crippen LogP contribution is 2.25. The second kappa shape index (κ2) is 5.19. The van der Waals surface area contributed by atoms with Crippen LogP contribution in [-0.4, -0.2) is 27.7 Å². The molecule has 0 bridgehead atoms. The zero-order chi connectivity index (χ0) is 13.2. The van der Waals surface area contributed by atoms with E-state index in [9.17, 15) is 5.11 Å². The van der Waals surface area contributed by atoms with Crippen LogP contribution in [0.4, 0.5) is 5.82 Å². The number of nitrogens with zero attached hydrogens (tertiary/aromatic N) is 2. The van der Waals surface area contributed by atoms with Gasteiger partial charge in [0, 0.05) is 17.5 Å². The Labute approximate surface area is 107 Å². The average molecular weight is 258 g/mol. The van der Waals surface area contributed by atoms with Crippen molar-refractivity contribution in [1.29, 1.82) is 0 Å². The lowest BCUT2D eigenvalue weighted by molar-refractivity contribution is 0.208. The Kier molecular flexibility index (Phi) is 4.33. The standard InChI is InChI=1S/C12H20ClN3O/c1-7(17)6-14-10-8(2)9(13)15-11(16-10)12(3,4)5/h7,17H,6H2,1-5H3,(H,14,15,16). The van der Waals surface area contributed by atoms with E-state index >= 15 is 0 Å². The van der Waals surface area contributed by atoms with Gasteiger partial charge in [-0.15, -0.1) is 0 Å². The van der Waals surface area contributed by atoms with Crippen LogP contribution in [0.2, 0.25) is 5.15 Å². The number of anilines is 1. The third-order valence-corrected chi connectivity index (χ3v) is 2.69. The average Bonchev–Trinajstić information content (AvgIpc) is 2.18. The summed E-state index contributed by atoms with van der Waals surface area (Å²) in [4.78, 5) is 8.74. The fraction of sp³-hybridized carbons (Fsp3) is 0.667. The van der Waals surface area contributed by atoms with Crippen LogP contribution in [0.3, 0.4) is 0 Å². The Morgan fingerprint density at radius 2 is 1.94 bits per heavy atom. The van der Waals surface area contributed by atoms with Crippen LogP contribution in [0.15, 0.2) is 0 Å². The second-order valence-corrected chi connectivity index (χ2v) is 5.65. The van der Waals surface area contributed by atoms with Crippen LogP contribution in [-0.2, 0) is 5.41 Å². The van der Waals surface area contributed by atoms with Gasteiger partial charge in [0.25, 0.3) is 0 Å². The summed E-state index contributed by atoms with van der Waals surface area (Å²) in [6.45, 7) is 10.1. The molecule has 0 aromatic carbocycles. The number of rotatable bonds is 3. The fourth-order valence-electron chi connectivity index (χ4n) is 1.24. The molecule has 0 aliphatic carbocycles. The molecule has 2 N–H and O–H groups in total. The number of nitrogens with one attached hydrogen (secondary N) is 1. The first-order chi connectivity index (χ1) is 7.71. The van der Waals surface area contributed by atoms with Gasteiger partial charge in [0.1, 0.15) is 16.8 Å². The number of hydrogen-bond donors (Lipinski definition) is 2. The minimum atomic E-state index is -0.429. The lowest BCUT2D eigenvalue weighted by Gasteiger charge is -2.19. The summed E-state index contributed by atoms with van der Waals surface area (Å²) in [5.41, 5.74) is 0.652. The summed E-state index contributed by atoms with van der Waals surface area (Å²) >= 11 is 6.09. The molecule has 1 aromatic rings. The first kappa shape index (κ1) is 14.2. The minimum Gasteiger partial charge on any atom is -0.392 e. The lowest BCUT2D eigenvalue weighted by atomic mass is 9.95. The third kappa shape index (κ3) is 3.82. The molecular weight excluding hydrogens is 238 g/mol. The molecule has 1 unspecified atom stereocenters. The lowest BCUT2D eigenvalue weighted by Crippen LogP contribution is -2.21. The second-order valence-electron chi connectivity index (χ2n) is 5.29. The molecule has 1 rings (SSSR count).